The van der Waals surface area contributed by atoms with Crippen molar-refractivity contribution in [3.05, 3.63) is 19.2 Å². The van der Waals surface area contributed by atoms with Crippen LogP contribution in [0, 0.1) is 11.8 Å². The highest BCUT2D eigenvalue weighted by atomic mass is 79.9. The third-order valence-corrected chi connectivity index (χ3v) is 7.41. The number of rotatable bonds is 4. The fourth-order valence-corrected chi connectivity index (χ4v) is 5.34. The van der Waals surface area contributed by atoms with E-state index in [1.54, 1.807) is 11.3 Å². The van der Waals surface area contributed by atoms with Gasteiger partial charge in [-0.2, -0.15) is 0 Å². The first-order valence-corrected chi connectivity index (χ1v) is 8.98. The molecule has 0 aromatic carbocycles. The molecule has 0 radical (unpaired) electrons. The molecule has 1 aliphatic carbocycles. The van der Waals surface area contributed by atoms with Crippen molar-refractivity contribution in [3.63, 3.8) is 0 Å². The Labute approximate surface area is 130 Å². The number of halogens is 2. The van der Waals surface area contributed by atoms with Crippen LogP contribution in [0.2, 0.25) is 0 Å². The molecule has 1 heterocycles. The zero-order chi connectivity index (χ0) is 13.1. The summed E-state index contributed by atoms with van der Waals surface area (Å²) in [4.78, 5) is 1.33. The highest BCUT2D eigenvalue weighted by Gasteiger charge is 2.32. The summed E-state index contributed by atoms with van der Waals surface area (Å²) in [5.41, 5.74) is 3.06. The van der Waals surface area contributed by atoms with E-state index in [0.717, 1.165) is 14.2 Å². The van der Waals surface area contributed by atoms with Crippen LogP contribution in [0.25, 0.3) is 0 Å². The van der Waals surface area contributed by atoms with E-state index in [-0.39, 0.29) is 0 Å². The van der Waals surface area contributed by atoms with Gasteiger partial charge in [-0.25, -0.2) is 0 Å². The van der Waals surface area contributed by atoms with Gasteiger partial charge in [0.2, 0.25) is 0 Å². The first kappa shape index (κ1) is 15.0. The number of nitrogens with one attached hydrogen (secondary N) is 1. The second-order valence-corrected chi connectivity index (χ2v) is 8.29. The Morgan fingerprint density at radius 2 is 2.17 bits per heavy atom. The van der Waals surface area contributed by atoms with E-state index < -0.39 is 0 Å². The fraction of sp³-hybridized carbons (Fsp3) is 0.692. The van der Waals surface area contributed by atoms with Gasteiger partial charge in [0.25, 0.3) is 0 Å². The van der Waals surface area contributed by atoms with E-state index in [9.17, 15) is 0 Å². The normalized spacial score (nSPS) is 26.2. The first-order chi connectivity index (χ1) is 8.67. The highest BCUT2D eigenvalue weighted by molar-refractivity contribution is 9.13. The summed E-state index contributed by atoms with van der Waals surface area (Å²) >= 11 is 8.92. The molecule has 0 bridgehead atoms. The van der Waals surface area contributed by atoms with Crippen LogP contribution in [0.1, 0.15) is 49.9 Å². The molecule has 18 heavy (non-hydrogen) atoms. The Kier molecular flexibility index (Phi) is 5.69. The van der Waals surface area contributed by atoms with Crippen molar-refractivity contribution in [2.75, 3.05) is 0 Å². The lowest BCUT2D eigenvalue weighted by molar-refractivity contribution is 0.178. The molecule has 1 aromatic heterocycles. The first-order valence-electron chi connectivity index (χ1n) is 6.58. The molecule has 2 nitrogen and oxygen atoms in total. The van der Waals surface area contributed by atoms with Crippen molar-refractivity contribution in [2.24, 2.45) is 17.7 Å². The zero-order valence-electron chi connectivity index (χ0n) is 10.6. The predicted molar refractivity (Wildman–Crippen MR) is 85.5 cm³/mol. The maximum absolute atomic E-state index is 5.84. The van der Waals surface area contributed by atoms with Crippen LogP contribution >= 0.6 is 43.2 Å². The van der Waals surface area contributed by atoms with Gasteiger partial charge in [-0.15, -0.1) is 11.3 Å². The molecule has 3 N–H and O–H groups in total. The van der Waals surface area contributed by atoms with Gasteiger partial charge in [0.1, 0.15) is 0 Å². The van der Waals surface area contributed by atoms with Crippen molar-refractivity contribution < 1.29 is 0 Å². The maximum atomic E-state index is 5.84. The van der Waals surface area contributed by atoms with Gasteiger partial charge in [0, 0.05) is 9.35 Å². The molecule has 2 rings (SSSR count). The summed E-state index contributed by atoms with van der Waals surface area (Å²) in [5.74, 6) is 7.32. The highest BCUT2D eigenvalue weighted by Crippen LogP contribution is 2.44. The Hall–Kier alpha value is 0.580. The standard InChI is InChI=1S/C13H20Br2N2S/c1-2-8-5-3-4-6-9(8)12(17-16)11-7-10(14)13(15)18-11/h7-9,12,17H,2-6,16H2,1H3. The Bertz CT molecular complexity index is 375. The number of nitrogens with two attached hydrogens (primary N) is 1. The summed E-state index contributed by atoms with van der Waals surface area (Å²) in [6.45, 7) is 2.30. The SMILES string of the molecule is CCC1CCCCC1C(NN)c1cc(Br)c(Br)s1. The van der Waals surface area contributed by atoms with Gasteiger partial charge in [0.05, 0.1) is 9.83 Å². The van der Waals surface area contributed by atoms with Gasteiger partial charge in [-0.1, -0.05) is 32.6 Å². The summed E-state index contributed by atoms with van der Waals surface area (Å²) < 4.78 is 2.29. The third kappa shape index (κ3) is 3.18. The molecular formula is C13H20Br2N2S. The molecule has 0 amide bonds. The monoisotopic (exact) mass is 394 g/mol. The van der Waals surface area contributed by atoms with E-state index >= 15 is 0 Å². The van der Waals surface area contributed by atoms with Gasteiger partial charge in [-0.3, -0.25) is 11.3 Å². The minimum Gasteiger partial charge on any atom is -0.271 e. The number of thiophene rings is 1. The van der Waals surface area contributed by atoms with Gasteiger partial charge >= 0.3 is 0 Å². The lowest BCUT2D eigenvalue weighted by Gasteiger charge is -2.36. The maximum Gasteiger partial charge on any atom is 0.0843 e. The number of hydrogen-bond donors (Lipinski definition) is 2. The van der Waals surface area contributed by atoms with Crippen LogP contribution in [0.3, 0.4) is 0 Å². The molecule has 102 valence electrons. The summed E-state index contributed by atoms with van der Waals surface area (Å²) in [6.07, 6.45) is 6.63. The van der Waals surface area contributed by atoms with Gasteiger partial charge in [0.15, 0.2) is 0 Å². The fourth-order valence-electron chi connectivity index (χ4n) is 3.12. The molecule has 1 saturated carbocycles. The van der Waals surface area contributed by atoms with E-state index in [0.29, 0.717) is 12.0 Å². The lowest BCUT2D eigenvalue weighted by atomic mass is 9.74. The van der Waals surface area contributed by atoms with E-state index in [1.807, 2.05) is 0 Å². The van der Waals surface area contributed by atoms with Gasteiger partial charge < -0.3 is 0 Å². The molecule has 5 heteroatoms. The van der Waals surface area contributed by atoms with Crippen molar-refractivity contribution in [1.29, 1.82) is 0 Å². The average molecular weight is 396 g/mol. The van der Waals surface area contributed by atoms with E-state index in [1.165, 1.54) is 37.0 Å². The van der Waals surface area contributed by atoms with E-state index in [4.69, 9.17) is 5.84 Å². The third-order valence-electron chi connectivity index (χ3n) is 4.07. The van der Waals surface area contributed by atoms with Crippen LogP contribution in [0.4, 0.5) is 0 Å². The van der Waals surface area contributed by atoms with Crippen LogP contribution in [-0.2, 0) is 0 Å². The number of hydrazine groups is 1. The minimum atomic E-state index is 0.294. The van der Waals surface area contributed by atoms with Crippen molar-refractivity contribution in [3.8, 4) is 0 Å². The van der Waals surface area contributed by atoms with Crippen LogP contribution in [0.5, 0.6) is 0 Å². The lowest BCUT2D eigenvalue weighted by Crippen LogP contribution is -2.37. The molecule has 0 aliphatic heterocycles. The van der Waals surface area contributed by atoms with Crippen molar-refractivity contribution in [1.82, 2.24) is 5.43 Å². The predicted octanol–water partition coefficient (Wildman–Crippen LogP) is 4.99. The molecule has 1 fully saturated rings. The molecule has 3 unspecified atom stereocenters. The Morgan fingerprint density at radius 1 is 1.44 bits per heavy atom. The average Bonchev–Trinajstić information content (AvgIpc) is 2.71. The summed E-state index contributed by atoms with van der Waals surface area (Å²) in [6, 6.07) is 2.49. The summed E-state index contributed by atoms with van der Waals surface area (Å²) in [7, 11) is 0. The minimum absolute atomic E-state index is 0.294. The topological polar surface area (TPSA) is 38.0 Å². The molecular weight excluding hydrogens is 376 g/mol. The van der Waals surface area contributed by atoms with Crippen LogP contribution < -0.4 is 11.3 Å². The van der Waals surface area contributed by atoms with Crippen molar-refractivity contribution in [2.45, 2.75) is 45.1 Å². The van der Waals surface area contributed by atoms with Crippen LogP contribution in [0.15, 0.2) is 14.3 Å². The van der Waals surface area contributed by atoms with Crippen molar-refractivity contribution >= 4 is 43.2 Å². The summed E-state index contributed by atoms with van der Waals surface area (Å²) in [5, 5.41) is 0. The Morgan fingerprint density at radius 3 is 2.72 bits per heavy atom. The quantitative estimate of drug-likeness (QED) is 0.556. The molecule has 0 saturated heterocycles. The smallest absolute Gasteiger partial charge is 0.0843 e. The number of hydrogen-bond acceptors (Lipinski definition) is 3. The van der Waals surface area contributed by atoms with Gasteiger partial charge in [-0.05, 0) is 56.2 Å². The second-order valence-electron chi connectivity index (χ2n) is 5.03. The molecule has 3 atom stereocenters. The Balaban J connectivity index is 2.21. The molecule has 1 aromatic rings. The molecule has 0 spiro atoms. The molecule has 1 aliphatic rings. The largest absolute Gasteiger partial charge is 0.271 e. The second kappa shape index (κ2) is 6.84. The van der Waals surface area contributed by atoms with Crippen LogP contribution in [-0.4, -0.2) is 0 Å². The van der Waals surface area contributed by atoms with E-state index in [2.05, 4.69) is 50.3 Å². The zero-order valence-corrected chi connectivity index (χ0v) is 14.6.